The molecule has 1 aliphatic carbocycles. The predicted molar refractivity (Wildman–Crippen MR) is 60.4 cm³/mol. The van der Waals surface area contributed by atoms with Crippen LogP contribution in [0.25, 0.3) is 0 Å². The van der Waals surface area contributed by atoms with Crippen molar-refractivity contribution in [3.8, 4) is 0 Å². The largest absolute Gasteiger partial charge is 0.408 e. The van der Waals surface area contributed by atoms with Gasteiger partial charge in [0.25, 0.3) is 0 Å². The minimum atomic E-state index is -1.56. The predicted octanol–water partition coefficient (Wildman–Crippen LogP) is 1.70. The molecule has 0 aromatic rings. The summed E-state index contributed by atoms with van der Waals surface area (Å²) < 4.78 is 11.2. The van der Waals surface area contributed by atoms with Crippen LogP contribution in [0.3, 0.4) is 0 Å². The third-order valence-electron chi connectivity index (χ3n) is 2.61. The summed E-state index contributed by atoms with van der Waals surface area (Å²) in [6.45, 7) is 5.58. The fraction of sp³-hybridized carbons (Fsp3) is 1.00. The van der Waals surface area contributed by atoms with Crippen LogP contribution in [0.15, 0.2) is 0 Å². The summed E-state index contributed by atoms with van der Waals surface area (Å²) in [6.07, 6.45) is 6.70. The Morgan fingerprint density at radius 2 is 1.64 bits per heavy atom. The van der Waals surface area contributed by atoms with Gasteiger partial charge in [-0.1, -0.05) is 19.3 Å². The molecule has 3 nitrogen and oxygen atoms in total. The van der Waals surface area contributed by atoms with Gasteiger partial charge in [-0.25, -0.2) is 0 Å². The number of nitrogens with one attached hydrogen (secondary N) is 1. The SMILES string of the molecule is CCO[SiH](NC1CCCCC1)OCC. The zero-order chi connectivity index (χ0) is 10.2. The average molecular weight is 217 g/mol. The van der Waals surface area contributed by atoms with Crippen LogP contribution in [0.5, 0.6) is 0 Å². The van der Waals surface area contributed by atoms with E-state index in [1.54, 1.807) is 0 Å². The average Bonchev–Trinajstić information content (AvgIpc) is 2.20. The summed E-state index contributed by atoms with van der Waals surface area (Å²) >= 11 is 0. The molecule has 1 saturated carbocycles. The Labute approximate surface area is 89.1 Å². The van der Waals surface area contributed by atoms with Crippen molar-refractivity contribution < 1.29 is 8.85 Å². The molecule has 0 aromatic carbocycles. The Hall–Kier alpha value is 0.0969. The highest BCUT2D eigenvalue weighted by molar-refractivity contribution is 6.41. The lowest BCUT2D eigenvalue weighted by Crippen LogP contribution is -2.47. The lowest BCUT2D eigenvalue weighted by molar-refractivity contribution is 0.194. The van der Waals surface area contributed by atoms with Gasteiger partial charge in [0.15, 0.2) is 0 Å². The topological polar surface area (TPSA) is 30.5 Å². The molecule has 0 unspecified atom stereocenters. The fourth-order valence-corrected chi connectivity index (χ4v) is 3.52. The van der Waals surface area contributed by atoms with Crippen molar-refractivity contribution in [2.75, 3.05) is 13.2 Å². The van der Waals surface area contributed by atoms with Crippen molar-refractivity contribution in [2.45, 2.75) is 52.0 Å². The molecule has 0 bridgehead atoms. The van der Waals surface area contributed by atoms with Crippen molar-refractivity contribution in [1.82, 2.24) is 4.98 Å². The molecule has 0 aliphatic heterocycles. The molecule has 0 aromatic heterocycles. The molecule has 1 rings (SSSR count). The summed E-state index contributed by atoms with van der Waals surface area (Å²) in [5.41, 5.74) is 0. The van der Waals surface area contributed by atoms with Gasteiger partial charge in [0.2, 0.25) is 0 Å². The Balaban J connectivity index is 2.21. The van der Waals surface area contributed by atoms with Gasteiger partial charge in [0.05, 0.1) is 0 Å². The van der Waals surface area contributed by atoms with Gasteiger partial charge in [-0.3, -0.25) is 4.98 Å². The lowest BCUT2D eigenvalue weighted by Gasteiger charge is -2.26. The van der Waals surface area contributed by atoms with Crippen molar-refractivity contribution in [3.63, 3.8) is 0 Å². The first kappa shape index (κ1) is 12.2. The van der Waals surface area contributed by atoms with Gasteiger partial charge >= 0.3 is 9.45 Å². The zero-order valence-electron chi connectivity index (χ0n) is 9.42. The molecule has 0 saturated heterocycles. The normalized spacial score (nSPS) is 19.1. The monoisotopic (exact) mass is 217 g/mol. The van der Waals surface area contributed by atoms with Crippen LogP contribution in [-0.4, -0.2) is 28.7 Å². The molecule has 0 radical (unpaired) electrons. The maximum atomic E-state index is 5.59. The van der Waals surface area contributed by atoms with E-state index in [4.69, 9.17) is 8.85 Å². The summed E-state index contributed by atoms with van der Waals surface area (Å²) in [6, 6.07) is 0.651. The Bertz CT molecular complexity index is 134. The van der Waals surface area contributed by atoms with Gasteiger partial charge in [0.1, 0.15) is 0 Å². The second-order valence-electron chi connectivity index (χ2n) is 3.74. The van der Waals surface area contributed by atoms with E-state index in [0.717, 1.165) is 13.2 Å². The highest BCUT2D eigenvalue weighted by atomic mass is 28.3. The Morgan fingerprint density at radius 3 is 2.14 bits per heavy atom. The van der Waals surface area contributed by atoms with E-state index in [0.29, 0.717) is 6.04 Å². The van der Waals surface area contributed by atoms with E-state index < -0.39 is 9.45 Å². The molecule has 4 heteroatoms. The van der Waals surface area contributed by atoms with E-state index in [2.05, 4.69) is 4.98 Å². The molecular formula is C10H23NO2Si. The van der Waals surface area contributed by atoms with E-state index in [9.17, 15) is 0 Å². The number of hydrogen-bond acceptors (Lipinski definition) is 3. The molecule has 0 spiro atoms. The molecule has 1 aliphatic rings. The molecule has 0 amide bonds. The number of hydrogen-bond donors (Lipinski definition) is 1. The Kier molecular flexibility index (Phi) is 6.43. The third-order valence-corrected chi connectivity index (χ3v) is 4.63. The highest BCUT2D eigenvalue weighted by Crippen LogP contribution is 2.17. The molecule has 14 heavy (non-hydrogen) atoms. The third kappa shape index (κ3) is 4.55. The van der Waals surface area contributed by atoms with Crippen molar-refractivity contribution in [3.05, 3.63) is 0 Å². The van der Waals surface area contributed by atoms with Crippen LogP contribution in [0.2, 0.25) is 0 Å². The van der Waals surface area contributed by atoms with Gasteiger partial charge in [-0.15, -0.1) is 0 Å². The molecule has 0 heterocycles. The second kappa shape index (κ2) is 7.40. The maximum absolute atomic E-state index is 5.59. The standard InChI is InChI=1S/C10H23NO2Si/c1-3-12-14(13-4-2)11-10-8-6-5-7-9-10/h10-11,14H,3-9H2,1-2H3. The van der Waals surface area contributed by atoms with Crippen LogP contribution >= 0.6 is 0 Å². The van der Waals surface area contributed by atoms with Crippen LogP contribution in [0.1, 0.15) is 46.0 Å². The van der Waals surface area contributed by atoms with E-state index in [1.165, 1.54) is 32.1 Å². The Morgan fingerprint density at radius 1 is 1.07 bits per heavy atom. The lowest BCUT2D eigenvalue weighted by atomic mass is 9.96. The smallest absolute Gasteiger partial charge is 0.385 e. The van der Waals surface area contributed by atoms with E-state index >= 15 is 0 Å². The summed E-state index contributed by atoms with van der Waals surface area (Å²) in [5.74, 6) is 0. The molecule has 0 atom stereocenters. The molecule has 1 N–H and O–H groups in total. The van der Waals surface area contributed by atoms with Crippen molar-refractivity contribution in [1.29, 1.82) is 0 Å². The summed E-state index contributed by atoms with van der Waals surface area (Å²) in [5, 5.41) is 0. The van der Waals surface area contributed by atoms with Crippen LogP contribution in [-0.2, 0) is 8.85 Å². The van der Waals surface area contributed by atoms with Gasteiger partial charge in [-0.2, -0.15) is 0 Å². The van der Waals surface area contributed by atoms with Crippen LogP contribution in [0.4, 0.5) is 0 Å². The number of rotatable bonds is 6. The minimum Gasteiger partial charge on any atom is -0.385 e. The molecule has 84 valence electrons. The van der Waals surface area contributed by atoms with E-state index in [1.807, 2.05) is 13.8 Å². The first-order valence-electron chi connectivity index (χ1n) is 5.86. The van der Waals surface area contributed by atoms with Gasteiger partial charge in [-0.05, 0) is 26.7 Å². The molecular weight excluding hydrogens is 194 g/mol. The van der Waals surface area contributed by atoms with Crippen LogP contribution < -0.4 is 4.98 Å². The van der Waals surface area contributed by atoms with E-state index in [-0.39, 0.29) is 0 Å². The van der Waals surface area contributed by atoms with Crippen molar-refractivity contribution in [2.24, 2.45) is 0 Å². The minimum absolute atomic E-state index is 0.651. The van der Waals surface area contributed by atoms with Crippen LogP contribution in [0, 0.1) is 0 Å². The highest BCUT2D eigenvalue weighted by Gasteiger charge is 2.20. The first-order valence-corrected chi connectivity index (χ1v) is 7.38. The second-order valence-corrected chi connectivity index (χ2v) is 5.41. The zero-order valence-corrected chi connectivity index (χ0v) is 10.6. The van der Waals surface area contributed by atoms with Gasteiger partial charge in [0, 0.05) is 19.3 Å². The first-order chi connectivity index (χ1) is 6.86. The summed E-state index contributed by atoms with van der Waals surface area (Å²) in [4.78, 5) is 3.55. The maximum Gasteiger partial charge on any atom is 0.408 e. The van der Waals surface area contributed by atoms with Crippen molar-refractivity contribution >= 4 is 9.45 Å². The summed E-state index contributed by atoms with van der Waals surface area (Å²) in [7, 11) is -1.56. The quantitative estimate of drug-likeness (QED) is 0.687. The fourth-order valence-electron chi connectivity index (χ4n) is 1.91. The van der Waals surface area contributed by atoms with Gasteiger partial charge < -0.3 is 8.85 Å². The molecule has 1 fully saturated rings.